The number of nitrogens with one attached hydrogen (secondary N) is 1. The van der Waals surface area contributed by atoms with Crippen LogP contribution >= 0.6 is 0 Å². The van der Waals surface area contributed by atoms with Gasteiger partial charge >= 0.3 is 0 Å². The summed E-state index contributed by atoms with van der Waals surface area (Å²) in [4.78, 5) is 20.8. The van der Waals surface area contributed by atoms with E-state index in [2.05, 4.69) is 10.2 Å². The SMILES string of the molecule is CN1CCc2nc3ccccc3c(C(=O)Nc3ccc(S(=O)(=O)N(C)C4CCCCC4)cc3)c2C1. The van der Waals surface area contributed by atoms with Crippen LogP contribution in [0.15, 0.2) is 53.4 Å². The second-order valence-electron chi connectivity index (χ2n) is 9.71. The Bertz CT molecular complexity index is 1350. The summed E-state index contributed by atoms with van der Waals surface area (Å²) in [6.07, 6.45) is 5.92. The Balaban J connectivity index is 1.41. The second kappa shape index (κ2) is 9.68. The van der Waals surface area contributed by atoms with Crippen molar-refractivity contribution >= 4 is 32.5 Å². The van der Waals surface area contributed by atoms with E-state index in [0.717, 1.165) is 60.8 Å². The summed E-state index contributed by atoms with van der Waals surface area (Å²) in [6.45, 7) is 1.57. The number of amides is 1. The highest BCUT2D eigenvalue weighted by molar-refractivity contribution is 7.89. The van der Waals surface area contributed by atoms with Gasteiger partial charge in [-0.15, -0.1) is 0 Å². The van der Waals surface area contributed by atoms with E-state index in [1.165, 1.54) is 10.7 Å². The van der Waals surface area contributed by atoms with Gasteiger partial charge in [-0.2, -0.15) is 4.31 Å². The van der Waals surface area contributed by atoms with Crippen LogP contribution in [0.5, 0.6) is 0 Å². The molecule has 1 aliphatic carbocycles. The highest BCUT2D eigenvalue weighted by atomic mass is 32.2. The molecule has 0 saturated heterocycles. The lowest BCUT2D eigenvalue weighted by atomic mass is 9.95. The van der Waals surface area contributed by atoms with Gasteiger partial charge in [0, 0.05) is 54.9 Å². The zero-order valence-corrected chi connectivity index (χ0v) is 21.1. The number of carbonyl (C=O) groups excluding carboxylic acids is 1. The van der Waals surface area contributed by atoms with Crippen molar-refractivity contribution in [2.24, 2.45) is 0 Å². The number of carbonyl (C=O) groups is 1. The van der Waals surface area contributed by atoms with Crippen molar-refractivity contribution in [3.63, 3.8) is 0 Å². The minimum atomic E-state index is -3.58. The summed E-state index contributed by atoms with van der Waals surface area (Å²) >= 11 is 0. The Hall–Kier alpha value is -2.81. The molecule has 0 spiro atoms. The number of anilines is 1. The molecule has 8 heteroatoms. The smallest absolute Gasteiger partial charge is 0.256 e. The quantitative estimate of drug-likeness (QED) is 0.570. The molecule has 1 fully saturated rings. The van der Waals surface area contributed by atoms with Crippen LogP contribution in [0.1, 0.15) is 53.7 Å². The first-order valence-corrected chi connectivity index (χ1v) is 13.8. The average molecular weight is 493 g/mol. The van der Waals surface area contributed by atoms with Crippen LogP contribution in [-0.4, -0.2) is 55.2 Å². The summed E-state index contributed by atoms with van der Waals surface area (Å²) in [5.41, 5.74) is 3.95. The van der Waals surface area contributed by atoms with Gasteiger partial charge in [0.05, 0.1) is 16.0 Å². The van der Waals surface area contributed by atoms with E-state index in [-0.39, 0.29) is 16.8 Å². The van der Waals surface area contributed by atoms with Crippen molar-refractivity contribution in [2.45, 2.75) is 56.0 Å². The van der Waals surface area contributed by atoms with Crippen LogP contribution < -0.4 is 5.32 Å². The first-order valence-electron chi connectivity index (χ1n) is 12.3. The number of para-hydroxylation sites is 1. The minimum Gasteiger partial charge on any atom is -0.322 e. The maximum atomic E-state index is 13.5. The zero-order valence-electron chi connectivity index (χ0n) is 20.3. The Kier molecular flexibility index (Phi) is 6.61. The highest BCUT2D eigenvalue weighted by Gasteiger charge is 2.29. The molecule has 1 aromatic heterocycles. The van der Waals surface area contributed by atoms with Gasteiger partial charge in [0.15, 0.2) is 0 Å². The lowest BCUT2D eigenvalue weighted by Crippen LogP contribution is -2.38. The molecular weight excluding hydrogens is 460 g/mol. The number of hydrogen-bond acceptors (Lipinski definition) is 5. The van der Waals surface area contributed by atoms with Gasteiger partial charge in [0.25, 0.3) is 5.91 Å². The van der Waals surface area contributed by atoms with Crippen molar-refractivity contribution < 1.29 is 13.2 Å². The van der Waals surface area contributed by atoms with Crippen molar-refractivity contribution in [3.05, 3.63) is 65.4 Å². The van der Waals surface area contributed by atoms with Gasteiger partial charge in [-0.25, -0.2) is 8.42 Å². The maximum Gasteiger partial charge on any atom is 0.256 e. The molecule has 2 aliphatic rings. The first-order chi connectivity index (χ1) is 16.8. The molecule has 7 nitrogen and oxygen atoms in total. The zero-order chi connectivity index (χ0) is 24.6. The number of pyridine rings is 1. The number of fused-ring (bicyclic) bond motifs is 2. The molecule has 35 heavy (non-hydrogen) atoms. The van der Waals surface area contributed by atoms with Gasteiger partial charge in [0.1, 0.15) is 0 Å². The van der Waals surface area contributed by atoms with Gasteiger partial charge in [-0.05, 0) is 50.2 Å². The summed E-state index contributed by atoms with van der Waals surface area (Å²) in [5.74, 6) is -0.204. The molecule has 0 radical (unpaired) electrons. The summed E-state index contributed by atoms with van der Waals surface area (Å²) in [5, 5.41) is 3.82. The number of rotatable bonds is 5. The van der Waals surface area contributed by atoms with Crippen LogP contribution in [0.3, 0.4) is 0 Å². The van der Waals surface area contributed by atoms with Gasteiger partial charge in [-0.1, -0.05) is 37.5 Å². The summed E-state index contributed by atoms with van der Waals surface area (Å²) in [7, 11) is 0.145. The monoisotopic (exact) mass is 492 g/mol. The molecule has 3 aromatic rings. The molecule has 1 aliphatic heterocycles. The Labute approximate surface area is 207 Å². The molecule has 0 bridgehead atoms. The third kappa shape index (κ3) is 4.70. The van der Waals surface area contributed by atoms with Gasteiger partial charge < -0.3 is 10.2 Å². The van der Waals surface area contributed by atoms with Crippen molar-refractivity contribution in [1.82, 2.24) is 14.2 Å². The van der Waals surface area contributed by atoms with Crippen molar-refractivity contribution in [2.75, 3.05) is 26.0 Å². The lowest BCUT2D eigenvalue weighted by molar-refractivity contribution is 0.102. The van der Waals surface area contributed by atoms with E-state index in [1.54, 1.807) is 31.3 Å². The number of nitrogens with zero attached hydrogens (tertiary/aromatic N) is 3. The molecule has 0 unspecified atom stereocenters. The third-order valence-corrected chi connectivity index (χ3v) is 9.27. The van der Waals surface area contributed by atoms with Gasteiger partial charge in [0.2, 0.25) is 10.0 Å². The average Bonchev–Trinajstić information content (AvgIpc) is 2.87. The number of hydrogen-bond donors (Lipinski definition) is 1. The van der Waals surface area contributed by atoms with E-state index in [9.17, 15) is 13.2 Å². The lowest BCUT2D eigenvalue weighted by Gasteiger charge is -2.30. The third-order valence-electron chi connectivity index (χ3n) is 7.34. The van der Waals surface area contributed by atoms with Crippen LogP contribution in [0, 0.1) is 0 Å². The molecule has 2 heterocycles. The predicted molar refractivity (Wildman–Crippen MR) is 138 cm³/mol. The minimum absolute atomic E-state index is 0.0532. The topological polar surface area (TPSA) is 82.6 Å². The maximum absolute atomic E-state index is 13.5. The fourth-order valence-electron chi connectivity index (χ4n) is 5.30. The molecular formula is C27H32N4O3S. The number of sulfonamides is 1. The molecule has 1 amide bonds. The van der Waals surface area contributed by atoms with Crippen LogP contribution in [-0.2, 0) is 23.0 Å². The predicted octanol–water partition coefficient (Wildman–Crippen LogP) is 4.43. The normalized spacial score (nSPS) is 17.5. The van der Waals surface area contributed by atoms with Gasteiger partial charge in [-0.3, -0.25) is 9.78 Å². The molecule has 2 aromatic carbocycles. The Morgan fingerprint density at radius 2 is 1.77 bits per heavy atom. The van der Waals surface area contributed by atoms with E-state index in [4.69, 9.17) is 4.98 Å². The van der Waals surface area contributed by atoms with Crippen LogP contribution in [0.25, 0.3) is 10.9 Å². The first kappa shape index (κ1) is 23.9. The fraction of sp³-hybridized carbons (Fsp3) is 0.407. The highest BCUT2D eigenvalue weighted by Crippen LogP contribution is 2.30. The largest absolute Gasteiger partial charge is 0.322 e. The van der Waals surface area contributed by atoms with Crippen molar-refractivity contribution in [3.8, 4) is 0 Å². The molecule has 1 saturated carbocycles. The summed E-state index contributed by atoms with van der Waals surface area (Å²) < 4.78 is 27.8. The van der Waals surface area contributed by atoms with E-state index in [0.29, 0.717) is 17.8 Å². The Morgan fingerprint density at radius 3 is 2.51 bits per heavy atom. The van der Waals surface area contributed by atoms with E-state index < -0.39 is 10.0 Å². The second-order valence-corrected chi connectivity index (χ2v) is 11.7. The molecule has 184 valence electrons. The summed E-state index contributed by atoms with van der Waals surface area (Å²) in [6, 6.07) is 14.3. The number of likely N-dealkylation sites (N-methyl/N-ethyl adjacent to an activating group) is 1. The molecule has 5 rings (SSSR count). The van der Waals surface area contributed by atoms with Crippen molar-refractivity contribution in [1.29, 1.82) is 0 Å². The van der Waals surface area contributed by atoms with E-state index >= 15 is 0 Å². The molecule has 0 atom stereocenters. The molecule has 1 N–H and O–H groups in total. The van der Waals surface area contributed by atoms with E-state index in [1.807, 2.05) is 31.3 Å². The standard InChI is InChI=1S/C27H32N4O3S/c1-30-17-16-25-23(18-30)26(22-10-6-7-11-24(22)29-25)27(32)28-19-12-14-21(15-13-19)35(33,34)31(2)20-8-4-3-5-9-20/h6-7,10-15,20H,3-5,8-9,16-18H2,1-2H3,(H,28,32). The fourth-order valence-corrected chi connectivity index (χ4v) is 6.71. The Morgan fingerprint density at radius 1 is 1.06 bits per heavy atom. The number of benzene rings is 2. The van der Waals surface area contributed by atoms with Crippen LogP contribution in [0.4, 0.5) is 5.69 Å². The number of aromatic nitrogens is 1. The van der Waals surface area contributed by atoms with Crippen LogP contribution in [0.2, 0.25) is 0 Å².